The number of rotatable bonds is 50. The van der Waals surface area contributed by atoms with Gasteiger partial charge in [0.1, 0.15) is 13.2 Å². The summed E-state index contributed by atoms with van der Waals surface area (Å²) in [6.07, 6.45) is 69.3. The molecule has 380 valence electrons. The Bertz CT molecular complexity index is 1240. The molecule has 0 aliphatic heterocycles. The van der Waals surface area contributed by atoms with Crippen LogP contribution in [0.5, 0.6) is 0 Å². The second kappa shape index (κ2) is 54.5. The van der Waals surface area contributed by atoms with E-state index in [1.807, 2.05) is 0 Å². The Morgan fingerprint density at radius 2 is 0.591 bits per heavy atom. The molecule has 0 rings (SSSR count). The van der Waals surface area contributed by atoms with Crippen LogP contribution in [0.3, 0.4) is 0 Å². The molecule has 0 fully saturated rings. The summed E-state index contributed by atoms with van der Waals surface area (Å²) in [5, 5.41) is 0. The van der Waals surface area contributed by atoms with E-state index in [0.717, 1.165) is 96.3 Å². The van der Waals surface area contributed by atoms with Crippen molar-refractivity contribution in [3.8, 4) is 0 Å². The molecule has 0 bridgehead atoms. The fourth-order valence-corrected chi connectivity index (χ4v) is 7.80. The summed E-state index contributed by atoms with van der Waals surface area (Å²) in [5.74, 6) is -0.879. The van der Waals surface area contributed by atoms with Crippen molar-refractivity contribution in [3.05, 3.63) is 72.9 Å². The summed E-state index contributed by atoms with van der Waals surface area (Å²) in [6.45, 7) is 6.46. The Labute approximate surface area is 408 Å². The van der Waals surface area contributed by atoms with E-state index in [1.165, 1.54) is 135 Å². The molecule has 0 aromatic rings. The number of carbonyl (C=O) groups is 3. The number of ether oxygens (including phenoxy) is 3. The van der Waals surface area contributed by atoms with Crippen molar-refractivity contribution < 1.29 is 28.6 Å². The van der Waals surface area contributed by atoms with Gasteiger partial charge in [0.05, 0.1) is 0 Å². The first-order valence-corrected chi connectivity index (χ1v) is 27.9. The molecule has 66 heavy (non-hydrogen) atoms. The van der Waals surface area contributed by atoms with E-state index in [4.69, 9.17) is 14.2 Å². The van der Waals surface area contributed by atoms with E-state index in [2.05, 4.69) is 93.7 Å². The first kappa shape index (κ1) is 62.8. The maximum absolute atomic E-state index is 12.7. The van der Waals surface area contributed by atoms with Crippen LogP contribution in [-0.2, 0) is 28.6 Å². The molecule has 0 N–H and O–H groups in total. The fraction of sp³-hybridized carbons (Fsp3) is 0.750. The zero-order valence-corrected chi connectivity index (χ0v) is 43.4. The van der Waals surface area contributed by atoms with E-state index in [0.29, 0.717) is 19.3 Å². The van der Waals surface area contributed by atoms with Gasteiger partial charge in [-0.25, -0.2) is 0 Å². The van der Waals surface area contributed by atoms with Crippen molar-refractivity contribution in [1.82, 2.24) is 0 Å². The molecule has 0 radical (unpaired) electrons. The third-order valence-electron chi connectivity index (χ3n) is 12.0. The van der Waals surface area contributed by atoms with Gasteiger partial charge in [-0.3, -0.25) is 14.4 Å². The van der Waals surface area contributed by atoms with Gasteiger partial charge < -0.3 is 14.2 Å². The molecule has 0 saturated carbocycles. The second-order valence-electron chi connectivity index (χ2n) is 18.5. The number of esters is 3. The summed E-state index contributed by atoms with van der Waals surface area (Å²) in [7, 11) is 0. The number of allylic oxidation sites excluding steroid dienone is 12. The highest BCUT2D eigenvalue weighted by molar-refractivity contribution is 5.71. The van der Waals surface area contributed by atoms with Crippen LogP contribution >= 0.6 is 0 Å². The highest BCUT2D eigenvalue weighted by Crippen LogP contribution is 2.16. The average Bonchev–Trinajstić information content (AvgIpc) is 3.31. The van der Waals surface area contributed by atoms with E-state index >= 15 is 0 Å². The predicted molar refractivity (Wildman–Crippen MR) is 284 cm³/mol. The largest absolute Gasteiger partial charge is 0.462 e. The van der Waals surface area contributed by atoms with Crippen molar-refractivity contribution in [2.24, 2.45) is 0 Å². The average molecular weight is 921 g/mol. The van der Waals surface area contributed by atoms with Gasteiger partial charge in [0.15, 0.2) is 6.10 Å². The lowest BCUT2D eigenvalue weighted by Crippen LogP contribution is -2.30. The molecule has 0 heterocycles. The monoisotopic (exact) mass is 921 g/mol. The lowest BCUT2D eigenvalue weighted by molar-refractivity contribution is -0.167. The van der Waals surface area contributed by atoms with Crippen LogP contribution in [0, 0.1) is 0 Å². The van der Waals surface area contributed by atoms with Crippen molar-refractivity contribution in [1.29, 1.82) is 0 Å². The molecule has 6 heteroatoms. The van der Waals surface area contributed by atoms with Gasteiger partial charge in [-0.05, 0) is 70.6 Å². The quantitative estimate of drug-likeness (QED) is 0.0262. The van der Waals surface area contributed by atoms with Gasteiger partial charge >= 0.3 is 17.9 Å². The van der Waals surface area contributed by atoms with Crippen molar-refractivity contribution in [3.63, 3.8) is 0 Å². The summed E-state index contributed by atoms with van der Waals surface area (Å²) < 4.78 is 16.7. The second-order valence-corrected chi connectivity index (χ2v) is 18.5. The first-order chi connectivity index (χ1) is 32.5. The SMILES string of the molecule is CC/C=C\C/C=C\C/C=C\C/C=C\C/C=C\C/C=C\CCCCCCCCCCCCCCC(=O)OCC(COC(=O)CCCCCCCC)OC(=O)CCCCCCCCCCCCC. The summed E-state index contributed by atoms with van der Waals surface area (Å²) >= 11 is 0. The Morgan fingerprint density at radius 3 is 0.924 bits per heavy atom. The van der Waals surface area contributed by atoms with Gasteiger partial charge in [-0.2, -0.15) is 0 Å². The summed E-state index contributed by atoms with van der Waals surface area (Å²) in [6, 6.07) is 0. The van der Waals surface area contributed by atoms with Gasteiger partial charge in [0.2, 0.25) is 0 Å². The van der Waals surface area contributed by atoms with Crippen LogP contribution in [0.4, 0.5) is 0 Å². The molecule has 0 aliphatic rings. The molecule has 1 unspecified atom stereocenters. The van der Waals surface area contributed by atoms with E-state index in [9.17, 15) is 14.4 Å². The minimum atomic E-state index is -0.768. The van der Waals surface area contributed by atoms with Crippen LogP contribution < -0.4 is 0 Å². The van der Waals surface area contributed by atoms with Gasteiger partial charge in [0, 0.05) is 19.3 Å². The van der Waals surface area contributed by atoms with Gasteiger partial charge in [-0.1, -0.05) is 254 Å². The molecule has 0 amide bonds. The molecular formula is C60H104O6. The van der Waals surface area contributed by atoms with E-state index in [1.54, 1.807) is 0 Å². The maximum Gasteiger partial charge on any atom is 0.306 e. The van der Waals surface area contributed by atoms with Gasteiger partial charge in [-0.15, -0.1) is 0 Å². The standard InChI is InChI=1S/C60H104O6/c1-4-7-10-13-16-18-20-21-22-23-24-25-26-27-28-29-30-31-32-33-34-35-36-37-38-39-41-42-44-47-50-53-59(62)65-56-57(55-64-58(61)52-49-46-15-12-9-6-3)66-60(63)54-51-48-45-43-40-19-17-14-11-8-5-2/h7,10,16,18,21-22,24-25,27-28,30-31,57H,4-6,8-9,11-15,17,19-20,23,26,29,32-56H2,1-3H3/b10-7-,18-16-,22-21-,25-24-,28-27-,31-30-. The maximum atomic E-state index is 12.7. The number of hydrogen-bond acceptors (Lipinski definition) is 6. The van der Waals surface area contributed by atoms with Crippen LogP contribution in [0.25, 0.3) is 0 Å². The fourth-order valence-electron chi connectivity index (χ4n) is 7.80. The predicted octanol–water partition coefficient (Wildman–Crippen LogP) is 18.6. The molecule has 0 spiro atoms. The third-order valence-corrected chi connectivity index (χ3v) is 12.0. The van der Waals surface area contributed by atoms with Crippen LogP contribution in [-0.4, -0.2) is 37.2 Å². The Hall–Kier alpha value is -3.15. The zero-order chi connectivity index (χ0) is 47.9. The van der Waals surface area contributed by atoms with Crippen LogP contribution in [0.2, 0.25) is 0 Å². The van der Waals surface area contributed by atoms with Crippen LogP contribution in [0.1, 0.15) is 271 Å². The smallest absolute Gasteiger partial charge is 0.306 e. The number of carbonyl (C=O) groups excluding carboxylic acids is 3. The normalized spacial score (nSPS) is 12.6. The minimum Gasteiger partial charge on any atom is -0.462 e. The summed E-state index contributed by atoms with van der Waals surface area (Å²) in [5.41, 5.74) is 0. The summed E-state index contributed by atoms with van der Waals surface area (Å²) in [4.78, 5) is 37.7. The molecule has 0 aliphatic carbocycles. The first-order valence-electron chi connectivity index (χ1n) is 27.9. The minimum absolute atomic E-state index is 0.0724. The molecule has 0 aromatic carbocycles. The number of hydrogen-bond donors (Lipinski definition) is 0. The zero-order valence-electron chi connectivity index (χ0n) is 43.4. The molecular weight excluding hydrogens is 817 g/mol. The van der Waals surface area contributed by atoms with Crippen molar-refractivity contribution >= 4 is 17.9 Å². The Balaban J connectivity index is 4.00. The van der Waals surface area contributed by atoms with Crippen molar-refractivity contribution in [2.45, 2.75) is 277 Å². The molecule has 0 aromatic heterocycles. The Kier molecular flexibility index (Phi) is 51.9. The highest BCUT2D eigenvalue weighted by Gasteiger charge is 2.19. The van der Waals surface area contributed by atoms with E-state index in [-0.39, 0.29) is 31.1 Å². The van der Waals surface area contributed by atoms with Crippen LogP contribution in [0.15, 0.2) is 72.9 Å². The molecule has 0 saturated heterocycles. The Morgan fingerprint density at radius 1 is 0.318 bits per heavy atom. The van der Waals surface area contributed by atoms with E-state index < -0.39 is 6.10 Å². The third kappa shape index (κ3) is 51.8. The molecule has 1 atom stereocenters. The van der Waals surface area contributed by atoms with Crippen molar-refractivity contribution in [2.75, 3.05) is 13.2 Å². The highest BCUT2D eigenvalue weighted by atomic mass is 16.6. The lowest BCUT2D eigenvalue weighted by atomic mass is 10.0. The topological polar surface area (TPSA) is 78.9 Å². The lowest BCUT2D eigenvalue weighted by Gasteiger charge is -2.18. The number of unbranched alkanes of at least 4 members (excludes halogenated alkanes) is 27. The molecule has 6 nitrogen and oxygen atoms in total. The van der Waals surface area contributed by atoms with Gasteiger partial charge in [0.25, 0.3) is 0 Å².